The lowest BCUT2D eigenvalue weighted by atomic mass is 10.2. The van der Waals surface area contributed by atoms with Gasteiger partial charge >= 0.3 is 0 Å². The number of aryl methyl sites for hydroxylation is 1. The van der Waals surface area contributed by atoms with E-state index in [1.54, 1.807) is 0 Å². The number of hydrogen-bond donors (Lipinski definition) is 1. The van der Waals surface area contributed by atoms with Crippen molar-refractivity contribution in [1.29, 1.82) is 5.26 Å². The summed E-state index contributed by atoms with van der Waals surface area (Å²) in [6, 6.07) is 2.72. The number of nitrogens with zero attached hydrogens (tertiary/aromatic N) is 5. The molecule has 0 aromatic carbocycles. The van der Waals surface area contributed by atoms with Gasteiger partial charge in [0.05, 0.1) is 24.0 Å². The Bertz CT molecular complexity index is 963. The number of nitriles is 1. The molecule has 1 N–H and O–H groups in total. The molecule has 1 aliphatic heterocycles. The summed E-state index contributed by atoms with van der Waals surface area (Å²) >= 11 is 1.39. The molecular formula is C20H26N6O2S. The van der Waals surface area contributed by atoms with E-state index in [2.05, 4.69) is 26.2 Å². The molecule has 1 atom stereocenters. The van der Waals surface area contributed by atoms with E-state index in [1.807, 2.05) is 25.3 Å². The molecule has 2 aliphatic rings. The number of carbonyl (C=O) groups excluding carboxylic acids is 1. The van der Waals surface area contributed by atoms with Crippen LogP contribution in [0, 0.1) is 32.1 Å². The van der Waals surface area contributed by atoms with Crippen molar-refractivity contribution in [1.82, 2.24) is 19.3 Å². The molecular weight excluding hydrogens is 388 g/mol. The molecule has 0 bridgehead atoms. The molecule has 1 amide bonds. The number of anilines is 1. The average molecular weight is 415 g/mol. The summed E-state index contributed by atoms with van der Waals surface area (Å²) in [7, 11) is 0. The van der Waals surface area contributed by atoms with Gasteiger partial charge in [-0.1, -0.05) is 11.8 Å². The number of thioether (sulfide) groups is 1. The van der Waals surface area contributed by atoms with Crippen LogP contribution < -0.4 is 5.32 Å². The van der Waals surface area contributed by atoms with Gasteiger partial charge in [-0.3, -0.25) is 4.79 Å². The second-order valence-corrected chi connectivity index (χ2v) is 8.70. The van der Waals surface area contributed by atoms with Crippen LogP contribution in [0.15, 0.2) is 5.16 Å². The Morgan fingerprint density at radius 1 is 1.31 bits per heavy atom. The maximum Gasteiger partial charge on any atom is 0.235 e. The minimum Gasteiger partial charge on any atom is -0.376 e. The number of amides is 1. The molecule has 3 heterocycles. The van der Waals surface area contributed by atoms with Crippen molar-refractivity contribution in [3.8, 4) is 6.07 Å². The van der Waals surface area contributed by atoms with Gasteiger partial charge in [-0.25, -0.2) is 0 Å². The van der Waals surface area contributed by atoms with E-state index in [1.165, 1.54) is 11.8 Å². The standard InChI is InChI=1S/C20H26N6O2S/c1-12-13(2)25(10-16-5-4-8-28-16)19(17(12)9-21)22-18(27)11-29-20-24-23-14(3)26(20)15-6-7-15/h15-16H,4-8,10-11H2,1-3H3,(H,22,27)/t16-/m0/s1. The fraction of sp³-hybridized carbons (Fsp3) is 0.600. The van der Waals surface area contributed by atoms with Gasteiger partial charge in [-0.15, -0.1) is 10.2 Å². The first kappa shape index (κ1) is 20.0. The number of aromatic nitrogens is 4. The van der Waals surface area contributed by atoms with E-state index in [-0.39, 0.29) is 17.8 Å². The quantitative estimate of drug-likeness (QED) is 0.699. The van der Waals surface area contributed by atoms with E-state index < -0.39 is 0 Å². The van der Waals surface area contributed by atoms with Gasteiger partial charge in [-0.05, 0) is 52.0 Å². The molecule has 0 unspecified atom stereocenters. The van der Waals surface area contributed by atoms with Gasteiger partial charge in [0, 0.05) is 18.3 Å². The Balaban J connectivity index is 1.48. The van der Waals surface area contributed by atoms with Crippen molar-refractivity contribution in [2.24, 2.45) is 0 Å². The van der Waals surface area contributed by atoms with Crippen LogP contribution in [-0.4, -0.2) is 43.7 Å². The van der Waals surface area contributed by atoms with Crippen molar-refractivity contribution in [2.75, 3.05) is 17.7 Å². The molecule has 9 heteroatoms. The Kier molecular flexibility index (Phi) is 5.65. The second-order valence-electron chi connectivity index (χ2n) is 7.76. The predicted octanol–water partition coefficient (Wildman–Crippen LogP) is 3.12. The minimum atomic E-state index is -0.152. The van der Waals surface area contributed by atoms with Gasteiger partial charge in [0.25, 0.3) is 0 Å². The number of carbonyl (C=O) groups is 1. The molecule has 1 saturated heterocycles. The normalized spacial score (nSPS) is 18.8. The van der Waals surface area contributed by atoms with Crippen molar-refractivity contribution in [3.63, 3.8) is 0 Å². The van der Waals surface area contributed by atoms with E-state index in [0.29, 0.717) is 24.0 Å². The summed E-state index contributed by atoms with van der Waals surface area (Å²) in [6.45, 7) is 7.26. The topological polar surface area (TPSA) is 97.8 Å². The van der Waals surface area contributed by atoms with Crippen molar-refractivity contribution in [3.05, 3.63) is 22.6 Å². The molecule has 2 aromatic rings. The largest absolute Gasteiger partial charge is 0.376 e. The predicted molar refractivity (Wildman–Crippen MR) is 110 cm³/mol. The molecule has 2 fully saturated rings. The highest BCUT2D eigenvalue weighted by Gasteiger charge is 2.29. The zero-order chi connectivity index (χ0) is 20.5. The number of ether oxygens (including phenoxy) is 1. The van der Waals surface area contributed by atoms with Crippen molar-refractivity contribution < 1.29 is 9.53 Å². The SMILES string of the molecule is Cc1c(C#N)c(NC(=O)CSc2nnc(C)n2C2CC2)n(C[C@@H]2CCCO2)c1C. The summed E-state index contributed by atoms with van der Waals surface area (Å²) in [5.41, 5.74) is 2.41. The lowest BCUT2D eigenvalue weighted by molar-refractivity contribution is -0.113. The number of nitrogens with one attached hydrogen (secondary N) is 1. The van der Waals surface area contributed by atoms with Crippen LogP contribution in [0.2, 0.25) is 0 Å². The number of rotatable bonds is 7. The van der Waals surface area contributed by atoms with Gasteiger partial charge < -0.3 is 19.2 Å². The first-order chi connectivity index (χ1) is 14.0. The molecule has 0 radical (unpaired) electrons. The smallest absolute Gasteiger partial charge is 0.235 e. The fourth-order valence-electron chi connectivity index (χ4n) is 3.85. The van der Waals surface area contributed by atoms with Gasteiger partial charge in [0.15, 0.2) is 5.16 Å². The molecule has 154 valence electrons. The molecule has 2 aromatic heterocycles. The van der Waals surface area contributed by atoms with Crippen LogP contribution in [0.25, 0.3) is 0 Å². The van der Waals surface area contributed by atoms with Crippen LogP contribution >= 0.6 is 11.8 Å². The number of hydrogen-bond acceptors (Lipinski definition) is 6. The maximum absolute atomic E-state index is 12.7. The zero-order valence-electron chi connectivity index (χ0n) is 17.1. The fourth-order valence-corrected chi connectivity index (χ4v) is 4.70. The van der Waals surface area contributed by atoms with Gasteiger partial charge in [0.2, 0.25) is 5.91 Å². The lowest BCUT2D eigenvalue weighted by Crippen LogP contribution is -2.22. The maximum atomic E-state index is 12.7. The first-order valence-electron chi connectivity index (χ1n) is 10.0. The monoisotopic (exact) mass is 414 g/mol. The lowest BCUT2D eigenvalue weighted by Gasteiger charge is -2.16. The molecule has 1 saturated carbocycles. The average Bonchev–Trinajstić information content (AvgIpc) is 3.19. The van der Waals surface area contributed by atoms with Crippen LogP contribution in [0.4, 0.5) is 5.82 Å². The highest BCUT2D eigenvalue weighted by Crippen LogP contribution is 2.38. The molecule has 8 nitrogen and oxygen atoms in total. The van der Waals surface area contributed by atoms with Crippen LogP contribution in [0.5, 0.6) is 0 Å². The summed E-state index contributed by atoms with van der Waals surface area (Å²) < 4.78 is 9.90. The van der Waals surface area contributed by atoms with Crippen LogP contribution in [0.3, 0.4) is 0 Å². The van der Waals surface area contributed by atoms with E-state index in [0.717, 1.165) is 54.5 Å². The molecule has 4 rings (SSSR count). The van der Waals surface area contributed by atoms with E-state index >= 15 is 0 Å². The molecule has 29 heavy (non-hydrogen) atoms. The second kappa shape index (κ2) is 8.20. The van der Waals surface area contributed by atoms with E-state index in [9.17, 15) is 10.1 Å². The first-order valence-corrected chi connectivity index (χ1v) is 11.0. The third-order valence-corrected chi connectivity index (χ3v) is 6.63. The van der Waals surface area contributed by atoms with Gasteiger partial charge in [0.1, 0.15) is 17.7 Å². The van der Waals surface area contributed by atoms with Crippen LogP contribution in [0.1, 0.15) is 54.4 Å². The summed E-state index contributed by atoms with van der Waals surface area (Å²) in [5.74, 6) is 1.53. The van der Waals surface area contributed by atoms with Crippen LogP contribution in [-0.2, 0) is 16.1 Å². The third-order valence-electron chi connectivity index (χ3n) is 5.69. The third kappa shape index (κ3) is 4.05. The van der Waals surface area contributed by atoms with E-state index in [4.69, 9.17) is 4.74 Å². The minimum absolute atomic E-state index is 0.122. The van der Waals surface area contributed by atoms with Crippen molar-refractivity contribution in [2.45, 2.75) is 70.3 Å². The Labute approximate surface area is 174 Å². The van der Waals surface area contributed by atoms with Gasteiger partial charge in [-0.2, -0.15) is 5.26 Å². The molecule has 1 aliphatic carbocycles. The Hall–Kier alpha value is -2.31. The summed E-state index contributed by atoms with van der Waals surface area (Å²) in [5, 5.41) is 21.8. The Morgan fingerprint density at radius 3 is 2.76 bits per heavy atom. The van der Waals surface area contributed by atoms with Crippen molar-refractivity contribution >= 4 is 23.5 Å². The molecule has 0 spiro atoms. The highest BCUT2D eigenvalue weighted by molar-refractivity contribution is 7.99. The summed E-state index contributed by atoms with van der Waals surface area (Å²) in [4.78, 5) is 12.7. The summed E-state index contributed by atoms with van der Waals surface area (Å²) in [6.07, 6.45) is 4.45. The highest BCUT2D eigenvalue weighted by atomic mass is 32.2. The Morgan fingerprint density at radius 2 is 2.10 bits per heavy atom. The zero-order valence-corrected chi connectivity index (χ0v) is 17.9.